The van der Waals surface area contributed by atoms with Crippen LogP contribution in [0.4, 0.5) is 0 Å². The normalized spacial score (nSPS) is 30.2. The van der Waals surface area contributed by atoms with Crippen LogP contribution in [0.1, 0.15) is 51.4 Å². The van der Waals surface area contributed by atoms with E-state index in [1.807, 2.05) is 0 Å². The summed E-state index contributed by atoms with van der Waals surface area (Å²) >= 11 is 0. The molecule has 2 saturated carbocycles. The van der Waals surface area contributed by atoms with Crippen LogP contribution < -0.4 is 0 Å². The molecule has 0 aliphatic heterocycles. The Bertz CT molecular complexity index is 255. The average Bonchev–Trinajstić information content (AvgIpc) is 2.25. The molecule has 0 heterocycles. The van der Waals surface area contributed by atoms with Gasteiger partial charge in [0.25, 0.3) is 0 Å². The lowest BCUT2D eigenvalue weighted by Gasteiger charge is -2.39. The molecule has 0 aromatic rings. The van der Waals surface area contributed by atoms with Gasteiger partial charge in [0.15, 0.2) is 0 Å². The highest BCUT2D eigenvalue weighted by Crippen LogP contribution is 2.32. The van der Waals surface area contributed by atoms with Crippen LogP contribution in [0.3, 0.4) is 0 Å². The van der Waals surface area contributed by atoms with E-state index < -0.39 is 5.97 Å². The molecule has 3 heteroatoms. The fourth-order valence-electron chi connectivity index (χ4n) is 3.19. The summed E-state index contributed by atoms with van der Waals surface area (Å²) in [5.74, 6) is 0.251. The zero-order valence-corrected chi connectivity index (χ0v) is 10.9. The monoisotopic (exact) mass is 239 g/mol. The summed E-state index contributed by atoms with van der Waals surface area (Å²) in [7, 11) is 2.16. The second-order valence-corrected chi connectivity index (χ2v) is 5.93. The Morgan fingerprint density at radius 2 is 1.88 bits per heavy atom. The molecular weight excluding hydrogens is 214 g/mol. The van der Waals surface area contributed by atoms with Crippen LogP contribution >= 0.6 is 0 Å². The molecule has 2 rings (SSSR count). The van der Waals surface area contributed by atoms with E-state index in [2.05, 4.69) is 11.9 Å². The number of carboxylic acids is 1. The van der Waals surface area contributed by atoms with Crippen molar-refractivity contribution in [2.75, 3.05) is 13.6 Å². The van der Waals surface area contributed by atoms with Crippen molar-refractivity contribution in [3.63, 3.8) is 0 Å². The largest absolute Gasteiger partial charge is 0.481 e. The van der Waals surface area contributed by atoms with Gasteiger partial charge in [-0.3, -0.25) is 4.79 Å². The number of aliphatic carboxylic acids is 1. The average molecular weight is 239 g/mol. The zero-order chi connectivity index (χ0) is 12.3. The molecule has 0 unspecified atom stereocenters. The van der Waals surface area contributed by atoms with E-state index >= 15 is 0 Å². The van der Waals surface area contributed by atoms with Gasteiger partial charge in [0.1, 0.15) is 0 Å². The van der Waals surface area contributed by atoms with Crippen molar-refractivity contribution >= 4 is 5.97 Å². The van der Waals surface area contributed by atoms with E-state index in [9.17, 15) is 4.79 Å². The Labute approximate surface area is 104 Å². The molecule has 0 bridgehead atoms. The first-order chi connectivity index (χ1) is 8.16. The molecule has 98 valence electrons. The summed E-state index contributed by atoms with van der Waals surface area (Å²) in [6.45, 7) is 1.15. The third-order valence-corrected chi connectivity index (χ3v) is 4.70. The third-order valence-electron chi connectivity index (χ3n) is 4.70. The van der Waals surface area contributed by atoms with Crippen molar-refractivity contribution in [3.05, 3.63) is 0 Å². The minimum absolute atomic E-state index is 0.0721. The lowest BCUT2D eigenvalue weighted by Crippen LogP contribution is -2.45. The van der Waals surface area contributed by atoms with Gasteiger partial charge in [-0.25, -0.2) is 0 Å². The standard InChI is InChI=1S/C14H25NO2/c1-15(13-9-12(10-13)14(16)17)8-7-11-5-3-2-4-6-11/h11-13H,2-10H2,1H3,(H,16,17). The third kappa shape index (κ3) is 3.44. The van der Waals surface area contributed by atoms with Crippen LogP contribution in [-0.2, 0) is 4.79 Å². The molecule has 2 fully saturated rings. The highest BCUT2D eigenvalue weighted by atomic mass is 16.4. The highest BCUT2D eigenvalue weighted by Gasteiger charge is 2.36. The molecule has 3 nitrogen and oxygen atoms in total. The molecule has 2 aliphatic carbocycles. The van der Waals surface area contributed by atoms with Crippen molar-refractivity contribution in [2.24, 2.45) is 11.8 Å². The Kier molecular flexibility index (Phi) is 4.43. The number of rotatable bonds is 5. The van der Waals surface area contributed by atoms with Crippen LogP contribution in [0.2, 0.25) is 0 Å². The molecule has 2 aliphatic rings. The minimum Gasteiger partial charge on any atom is -0.481 e. The second kappa shape index (κ2) is 5.85. The summed E-state index contributed by atoms with van der Waals surface area (Å²) in [5.41, 5.74) is 0. The number of carboxylic acid groups (broad SMARTS) is 1. The number of hydrogen-bond acceptors (Lipinski definition) is 2. The predicted molar refractivity (Wildman–Crippen MR) is 68.0 cm³/mol. The Balaban J connectivity index is 1.61. The molecule has 0 amide bonds. The van der Waals surface area contributed by atoms with Crippen molar-refractivity contribution in [3.8, 4) is 0 Å². The van der Waals surface area contributed by atoms with Gasteiger partial charge in [-0.2, -0.15) is 0 Å². The highest BCUT2D eigenvalue weighted by molar-refractivity contribution is 5.71. The number of carbonyl (C=O) groups is 1. The van der Waals surface area contributed by atoms with Crippen molar-refractivity contribution < 1.29 is 9.90 Å². The van der Waals surface area contributed by atoms with E-state index in [0.29, 0.717) is 6.04 Å². The fourth-order valence-corrected chi connectivity index (χ4v) is 3.19. The Hall–Kier alpha value is -0.570. The maximum absolute atomic E-state index is 10.7. The van der Waals surface area contributed by atoms with Crippen LogP contribution in [-0.4, -0.2) is 35.6 Å². The van der Waals surface area contributed by atoms with Gasteiger partial charge >= 0.3 is 5.97 Å². The van der Waals surface area contributed by atoms with Gasteiger partial charge in [0, 0.05) is 6.04 Å². The van der Waals surface area contributed by atoms with Crippen LogP contribution in [0.25, 0.3) is 0 Å². The maximum atomic E-state index is 10.7. The van der Waals surface area contributed by atoms with Crippen LogP contribution in [0.5, 0.6) is 0 Å². The summed E-state index contributed by atoms with van der Waals surface area (Å²) in [4.78, 5) is 13.1. The van der Waals surface area contributed by atoms with Gasteiger partial charge in [0.05, 0.1) is 5.92 Å². The molecule has 1 N–H and O–H groups in total. The molecule has 0 saturated heterocycles. The smallest absolute Gasteiger partial charge is 0.306 e. The fraction of sp³-hybridized carbons (Fsp3) is 0.929. The van der Waals surface area contributed by atoms with Crippen molar-refractivity contribution in [1.82, 2.24) is 4.90 Å². The van der Waals surface area contributed by atoms with Gasteiger partial charge in [-0.15, -0.1) is 0 Å². The van der Waals surface area contributed by atoms with Gasteiger partial charge in [-0.05, 0) is 38.8 Å². The quantitative estimate of drug-likeness (QED) is 0.802. The van der Waals surface area contributed by atoms with Gasteiger partial charge in [0.2, 0.25) is 0 Å². The van der Waals surface area contributed by atoms with E-state index in [0.717, 1.165) is 25.3 Å². The molecular formula is C14H25NO2. The molecule has 17 heavy (non-hydrogen) atoms. The molecule has 0 atom stereocenters. The number of nitrogens with zero attached hydrogens (tertiary/aromatic N) is 1. The first-order valence-electron chi connectivity index (χ1n) is 7.10. The molecule has 0 aromatic heterocycles. The lowest BCUT2D eigenvalue weighted by molar-refractivity contribution is -0.146. The summed E-state index contributed by atoms with van der Waals surface area (Å²) in [6.07, 6.45) is 10.1. The maximum Gasteiger partial charge on any atom is 0.306 e. The van der Waals surface area contributed by atoms with E-state index in [4.69, 9.17) is 5.11 Å². The minimum atomic E-state index is -0.609. The topological polar surface area (TPSA) is 40.5 Å². The second-order valence-electron chi connectivity index (χ2n) is 5.93. The first kappa shape index (κ1) is 12.9. The predicted octanol–water partition coefficient (Wildman–Crippen LogP) is 2.75. The summed E-state index contributed by atoms with van der Waals surface area (Å²) in [6, 6.07) is 0.527. The molecule has 0 aromatic carbocycles. The van der Waals surface area contributed by atoms with Crippen molar-refractivity contribution in [1.29, 1.82) is 0 Å². The van der Waals surface area contributed by atoms with E-state index in [-0.39, 0.29) is 5.92 Å². The van der Waals surface area contributed by atoms with Gasteiger partial charge < -0.3 is 10.0 Å². The van der Waals surface area contributed by atoms with Crippen LogP contribution in [0.15, 0.2) is 0 Å². The van der Waals surface area contributed by atoms with Crippen molar-refractivity contribution in [2.45, 2.75) is 57.4 Å². The SMILES string of the molecule is CN(CCC1CCCCC1)C1CC(C(=O)O)C1. The van der Waals surface area contributed by atoms with Crippen LogP contribution in [0, 0.1) is 11.8 Å². The number of hydrogen-bond donors (Lipinski definition) is 1. The molecule has 0 radical (unpaired) electrons. The first-order valence-corrected chi connectivity index (χ1v) is 7.10. The van der Waals surface area contributed by atoms with Gasteiger partial charge in [-0.1, -0.05) is 32.1 Å². The summed E-state index contributed by atoms with van der Waals surface area (Å²) in [5, 5.41) is 8.85. The Morgan fingerprint density at radius 3 is 2.47 bits per heavy atom. The Morgan fingerprint density at radius 1 is 1.24 bits per heavy atom. The van der Waals surface area contributed by atoms with E-state index in [1.165, 1.54) is 38.5 Å². The molecule has 0 spiro atoms. The lowest BCUT2D eigenvalue weighted by atomic mass is 9.79. The zero-order valence-electron chi connectivity index (χ0n) is 10.9. The summed E-state index contributed by atoms with van der Waals surface area (Å²) < 4.78 is 0. The van der Waals surface area contributed by atoms with E-state index in [1.54, 1.807) is 0 Å².